The van der Waals surface area contributed by atoms with Crippen molar-refractivity contribution in [3.05, 3.63) is 63.6 Å². The number of nitrogens with zero attached hydrogens (tertiary/aromatic N) is 6. The third-order valence-corrected chi connectivity index (χ3v) is 3.66. The molecule has 0 unspecified atom stereocenters. The molecule has 1 aromatic carbocycles. The maximum absolute atomic E-state index is 12.1. The van der Waals surface area contributed by atoms with Crippen LogP contribution in [0.4, 0.5) is 11.8 Å². The number of amides is 1. The number of hydrogen-bond acceptors (Lipinski definition) is 6. The number of benzene rings is 1. The molecule has 0 atom stereocenters. The summed E-state index contributed by atoms with van der Waals surface area (Å²) in [5, 5.41) is 21.3. The summed E-state index contributed by atoms with van der Waals surface area (Å²) in [7, 11) is 0. The smallest absolute Gasteiger partial charge is 0.358 e. The minimum atomic E-state index is -0.601. The van der Waals surface area contributed by atoms with Crippen molar-refractivity contribution >= 4 is 17.7 Å². The molecule has 0 spiro atoms. The zero-order valence-electron chi connectivity index (χ0n) is 14.3. The Morgan fingerprint density at radius 1 is 1.27 bits per heavy atom. The zero-order valence-corrected chi connectivity index (χ0v) is 14.3. The van der Waals surface area contributed by atoms with E-state index in [1.807, 2.05) is 31.2 Å². The lowest BCUT2D eigenvalue weighted by Gasteiger charge is -2.02. The molecule has 0 saturated carbocycles. The third-order valence-electron chi connectivity index (χ3n) is 3.66. The minimum Gasteiger partial charge on any atom is -0.358 e. The summed E-state index contributed by atoms with van der Waals surface area (Å²) in [5.41, 5.74) is 2.75. The Morgan fingerprint density at radius 3 is 2.77 bits per heavy atom. The summed E-state index contributed by atoms with van der Waals surface area (Å²) in [6, 6.07) is 9.32. The van der Waals surface area contributed by atoms with Crippen molar-refractivity contribution in [3.63, 3.8) is 0 Å². The van der Waals surface area contributed by atoms with Gasteiger partial charge in [0.2, 0.25) is 5.95 Å². The predicted molar refractivity (Wildman–Crippen MR) is 92.6 cm³/mol. The van der Waals surface area contributed by atoms with E-state index in [-0.39, 0.29) is 18.3 Å². The number of anilines is 1. The Bertz CT molecular complexity index is 960. The summed E-state index contributed by atoms with van der Waals surface area (Å²) >= 11 is 0. The number of carbonyl (C=O) groups excluding carboxylic acids is 1. The van der Waals surface area contributed by atoms with Gasteiger partial charge in [-0.25, -0.2) is 9.67 Å². The molecule has 0 fully saturated rings. The number of nitrogens with one attached hydrogen (secondary N) is 1. The average molecular weight is 355 g/mol. The predicted octanol–water partition coefficient (Wildman–Crippen LogP) is 1.69. The first-order valence-electron chi connectivity index (χ1n) is 7.84. The van der Waals surface area contributed by atoms with Gasteiger partial charge in [0.25, 0.3) is 5.91 Å². The molecule has 0 aliphatic rings. The minimum absolute atomic E-state index is 0.161. The van der Waals surface area contributed by atoms with Gasteiger partial charge in [0, 0.05) is 0 Å². The fraction of sp³-hybridized carbons (Fsp3) is 0.250. The van der Waals surface area contributed by atoms with Crippen LogP contribution in [0.1, 0.15) is 16.8 Å². The van der Waals surface area contributed by atoms with Crippen molar-refractivity contribution in [2.45, 2.75) is 26.9 Å². The van der Waals surface area contributed by atoms with Crippen molar-refractivity contribution in [2.24, 2.45) is 0 Å². The molecule has 10 heteroatoms. The van der Waals surface area contributed by atoms with Crippen LogP contribution < -0.4 is 5.32 Å². The summed E-state index contributed by atoms with van der Waals surface area (Å²) in [6.07, 6.45) is 1.53. The van der Waals surface area contributed by atoms with Crippen molar-refractivity contribution in [1.29, 1.82) is 0 Å². The Hall–Kier alpha value is -3.56. The molecule has 134 valence electrons. The Morgan fingerprint density at radius 2 is 2.08 bits per heavy atom. The molecule has 1 N–H and O–H groups in total. The highest BCUT2D eigenvalue weighted by Gasteiger charge is 2.18. The first kappa shape index (κ1) is 17.3. The molecule has 2 aromatic heterocycles. The second-order valence-electron chi connectivity index (χ2n) is 5.86. The van der Waals surface area contributed by atoms with Gasteiger partial charge in [-0.05, 0) is 24.3 Å². The van der Waals surface area contributed by atoms with E-state index < -0.39 is 10.8 Å². The van der Waals surface area contributed by atoms with E-state index in [1.54, 1.807) is 11.6 Å². The molecule has 10 nitrogen and oxygen atoms in total. The normalized spacial score (nSPS) is 10.7. The SMILES string of the molecule is Cc1cccc(Cn2cnc(NC(=O)Cn3nc([N+](=O)[O-])cc3C)n2)c1. The fourth-order valence-electron chi connectivity index (χ4n) is 2.47. The molecule has 0 bridgehead atoms. The van der Waals surface area contributed by atoms with Crippen LogP contribution in [0.5, 0.6) is 0 Å². The van der Waals surface area contributed by atoms with Crippen LogP contribution in [0.15, 0.2) is 36.7 Å². The highest BCUT2D eigenvalue weighted by molar-refractivity contribution is 5.88. The average Bonchev–Trinajstić information content (AvgIpc) is 3.14. The quantitative estimate of drug-likeness (QED) is 0.530. The van der Waals surface area contributed by atoms with Gasteiger partial charge in [-0.1, -0.05) is 29.8 Å². The molecule has 1 amide bonds. The molecule has 3 aromatic rings. The van der Waals surface area contributed by atoms with Gasteiger partial charge in [-0.3, -0.25) is 10.1 Å². The first-order chi connectivity index (χ1) is 12.4. The summed E-state index contributed by atoms with van der Waals surface area (Å²) < 4.78 is 2.88. The van der Waals surface area contributed by atoms with Crippen LogP contribution in [-0.4, -0.2) is 35.4 Å². The lowest BCUT2D eigenvalue weighted by atomic mass is 10.1. The van der Waals surface area contributed by atoms with Gasteiger partial charge in [-0.2, -0.15) is 4.68 Å². The van der Waals surface area contributed by atoms with Crippen LogP contribution in [0, 0.1) is 24.0 Å². The molecule has 26 heavy (non-hydrogen) atoms. The van der Waals surface area contributed by atoms with Crippen molar-refractivity contribution in [1.82, 2.24) is 24.5 Å². The van der Waals surface area contributed by atoms with E-state index >= 15 is 0 Å². The van der Waals surface area contributed by atoms with Gasteiger partial charge in [0.05, 0.1) is 23.4 Å². The van der Waals surface area contributed by atoms with Crippen LogP contribution in [0.25, 0.3) is 0 Å². The second kappa shape index (κ2) is 7.13. The molecular formula is C16H17N7O3. The molecule has 3 rings (SSSR count). The van der Waals surface area contributed by atoms with E-state index in [2.05, 4.69) is 20.5 Å². The topological polar surface area (TPSA) is 121 Å². The monoisotopic (exact) mass is 355 g/mol. The lowest BCUT2D eigenvalue weighted by molar-refractivity contribution is -0.389. The third kappa shape index (κ3) is 4.09. The van der Waals surface area contributed by atoms with Crippen LogP contribution in [-0.2, 0) is 17.9 Å². The van der Waals surface area contributed by atoms with E-state index in [4.69, 9.17) is 0 Å². The summed E-state index contributed by atoms with van der Waals surface area (Å²) in [4.78, 5) is 26.3. The molecule has 0 saturated heterocycles. The first-order valence-corrected chi connectivity index (χ1v) is 7.84. The molecule has 2 heterocycles. The van der Waals surface area contributed by atoms with Crippen molar-refractivity contribution in [3.8, 4) is 0 Å². The van der Waals surface area contributed by atoms with Crippen LogP contribution in [0.3, 0.4) is 0 Å². The van der Waals surface area contributed by atoms with Crippen molar-refractivity contribution < 1.29 is 9.72 Å². The Kier molecular flexibility index (Phi) is 4.74. The van der Waals surface area contributed by atoms with Gasteiger partial charge >= 0.3 is 5.82 Å². The van der Waals surface area contributed by atoms with Crippen molar-refractivity contribution in [2.75, 3.05) is 5.32 Å². The number of nitro groups is 1. The number of aromatic nitrogens is 5. The van der Waals surface area contributed by atoms with E-state index in [1.165, 1.54) is 17.1 Å². The number of aryl methyl sites for hydroxylation is 2. The number of rotatable bonds is 6. The Balaban J connectivity index is 1.62. The number of carbonyl (C=O) groups is 1. The standard InChI is InChI=1S/C16H17N7O3/c1-11-4-3-5-13(6-11)8-21-10-17-16(20-21)18-15(24)9-22-12(2)7-14(19-22)23(25)26/h3-7,10H,8-9H2,1-2H3,(H,18,20,24). The van der Waals surface area contributed by atoms with E-state index in [0.29, 0.717) is 12.2 Å². The molecule has 0 aliphatic heterocycles. The lowest BCUT2D eigenvalue weighted by Crippen LogP contribution is -2.21. The summed E-state index contributed by atoms with van der Waals surface area (Å²) in [6.45, 7) is 4.03. The maximum Gasteiger partial charge on any atom is 0.390 e. The van der Waals surface area contributed by atoms with Gasteiger partial charge < -0.3 is 10.1 Å². The van der Waals surface area contributed by atoms with E-state index in [0.717, 1.165) is 11.1 Å². The van der Waals surface area contributed by atoms with Crippen LogP contribution in [0.2, 0.25) is 0 Å². The largest absolute Gasteiger partial charge is 0.390 e. The number of hydrogen-bond donors (Lipinski definition) is 1. The molecule has 0 radical (unpaired) electrons. The highest BCUT2D eigenvalue weighted by Crippen LogP contribution is 2.11. The maximum atomic E-state index is 12.1. The van der Waals surface area contributed by atoms with Crippen LogP contribution >= 0.6 is 0 Å². The molecular weight excluding hydrogens is 338 g/mol. The van der Waals surface area contributed by atoms with Gasteiger partial charge in [-0.15, -0.1) is 5.10 Å². The second-order valence-corrected chi connectivity index (χ2v) is 5.86. The van der Waals surface area contributed by atoms with Gasteiger partial charge in [0.1, 0.15) is 12.9 Å². The van der Waals surface area contributed by atoms with E-state index in [9.17, 15) is 14.9 Å². The Labute approximate surface area is 148 Å². The fourth-order valence-corrected chi connectivity index (χ4v) is 2.47. The van der Waals surface area contributed by atoms with Gasteiger partial charge in [0.15, 0.2) is 0 Å². The summed E-state index contributed by atoms with van der Waals surface area (Å²) in [5.74, 6) is -0.544. The zero-order chi connectivity index (χ0) is 18.7. The molecule has 0 aliphatic carbocycles. The highest BCUT2D eigenvalue weighted by atomic mass is 16.6.